The molecule has 0 heterocycles. The van der Waals surface area contributed by atoms with Gasteiger partial charge in [0.1, 0.15) is 5.82 Å². The Labute approximate surface area is 127 Å². The van der Waals surface area contributed by atoms with E-state index in [1.807, 2.05) is 6.07 Å². The van der Waals surface area contributed by atoms with Gasteiger partial charge in [0.2, 0.25) is 0 Å². The SMILES string of the molecule is CCCCCCCCCC(N)Cc1cccc(F)c1Cl. The minimum atomic E-state index is -0.354. The molecule has 1 aromatic carbocycles. The first-order valence-electron chi connectivity index (χ1n) is 7.83. The molecule has 0 bridgehead atoms. The van der Waals surface area contributed by atoms with Crippen molar-refractivity contribution in [3.05, 3.63) is 34.6 Å². The van der Waals surface area contributed by atoms with E-state index in [9.17, 15) is 4.39 Å². The van der Waals surface area contributed by atoms with Crippen LogP contribution in [0.3, 0.4) is 0 Å². The maximum atomic E-state index is 13.3. The Morgan fingerprint density at radius 3 is 2.45 bits per heavy atom. The number of unbranched alkanes of at least 4 members (excludes halogenated alkanes) is 6. The predicted octanol–water partition coefficient (Wildman–Crippen LogP) is 5.49. The van der Waals surface area contributed by atoms with Gasteiger partial charge in [-0.05, 0) is 24.5 Å². The van der Waals surface area contributed by atoms with Crippen LogP contribution in [-0.4, -0.2) is 6.04 Å². The number of hydrogen-bond donors (Lipinski definition) is 1. The van der Waals surface area contributed by atoms with E-state index in [4.69, 9.17) is 17.3 Å². The Kier molecular flexibility index (Phi) is 8.88. The summed E-state index contributed by atoms with van der Waals surface area (Å²) in [7, 11) is 0. The molecule has 0 radical (unpaired) electrons. The van der Waals surface area contributed by atoms with Crippen LogP contribution in [0.5, 0.6) is 0 Å². The molecule has 0 fully saturated rings. The van der Waals surface area contributed by atoms with Crippen molar-refractivity contribution in [1.82, 2.24) is 0 Å². The van der Waals surface area contributed by atoms with Crippen LogP contribution in [-0.2, 0) is 6.42 Å². The van der Waals surface area contributed by atoms with Gasteiger partial charge in [-0.1, -0.05) is 75.6 Å². The molecule has 0 spiro atoms. The van der Waals surface area contributed by atoms with Crippen molar-refractivity contribution < 1.29 is 4.39 Å². The number of rotatable bonds is 10. The summed E-state index contributed by atoms with van der Waals surface area (Å²) in [5.41, 5.74) is 6.93. The van der Waals surface area contributed by atoms with Crippen LogP contribution in [0.1, 0.15) is 63.9 Å². The zero-order valence-electron chi connectivity index (χ0n) is 12.5. The monoisotopic (exact) mass is 299 g/mol. The largest absolute Gasteiger partial charge is 0.327 e. The fourth-order valence-electron chi connectivity index (χ4n) is 2.45. The minimum Gasteiger partial charge on any atom is -0.327 e. The summed E-state index contributed by atoms with van der Waals surface area (Å²) in [6, 6.07) is 5.01. The minimum absolute atomic E-state index is 0.0740. The average molecular weight is 300 g/mol. The molecule has 1 atom stereocenters. The third-order valence-electron chi connectivity index (χ3n) is 3.69. The summed E-state index contributed by atoms with van der Waals surface area (Å²) in [5.74, 6) is -0.354. The number of halogens is 2. The first-order valence-corrected chi connectivity index (χ1v) is 8.21. The van der Waals surface area contributed by atoms with Gasteiger partial charge in [-0.2, -0.15) is 0 Å². The smallest absolute Gasteiger partial charge is 0.142 e. The van der Waals surface area contributed by atoms with Gasteiger partial charge < -0.3 is 5.73 Å². The van der Waals surface area contributed by atoms with E-state index >= 15 is 0 Å². The van der Waals surface area contributed by atoms with Crippen molar-refractivity contribution in [3.8, 4) is 0 Å². The van der Waals surface area contributed by atoms with E-state index in [0.717, 1.165) is 18.4 Å². The maximum Gasteiger partial charge on any atom is 0.142 e. The van der Waals surface area contributed by atoms with Crippen LogP contribution >= 0.6 is 11.6 Å². The number of nitrogens with two attached hydrogens (primary N) is 1. The van der Waals surface area contributed by atoms with E-state index < -0.39 is 0 Å². The van der Waals surface area contributed by atoms with E-state index in [2.05, 4.69) is 6.92 Å². The molecule has 20 heavy (non-hydrogen) atoms. The summed E-state index contributed by atoms with van der Waals surface area (Å²) in [6.07, 6.45) is 10.7. The molecule has 0 aliphatic heterocycles. The van der Waals surface area contributed by atoms with Crippen molar-refractivity contribution in [2.45, 2.75) is 70.8 Å². The highest BCUT2D eigenvalue weighted by atomic mass is 35.5. The molecule has 3 heteroatoms. The molecular weight excluding hydrogens is 273 g/mol. The zero-order valence-corrected chi connectivity index (χ0v) is 13.3. The molecule has 1 rings (SSSR count). The Morgan fingerprint density at radius 1 is 1.10 bits per heavy atom. The van der Waals surface area contributed by atoms with Crippen molar-refractivity contribution in [2.24, 2.45) is 5.73 Å². The van der Waals surface area contributed by atoms with E-state index in [0.29, 0.717) is 6.42 Å². The van der Waals surface area contributed by atoms with Crippen molar-refractivity contribution in [3.63, 3.8) is 0 Å². The Morgan fingerprint density at radius 2 is 1.75 bits per heavy atom. The van der Waals surface area contributed by atoms with Crippen molar-refractivity contribution >= 4 is 11.6 Å². The summed E-state index contributed by atoms with van der Waals surface area (Å²) < 4.78 is 13.3. The average Bonchev–Trinajstić information content (AvgIpc) is 2.43. The van der Waals surface area contributed by atoms with Crippen molar-refractivity contribution in [1.29, 1.82) is 0 Å². The molecule has 0 aliphatic carbocycles. The van der Waals surface area contributed by atoms with Gasteiger partial charge in [0.25, 0.3) is 0 Å². The zero-order chi connectivity index (χ0) is 14.8. The lowest BCUT2D eigenvalue weighted by molar-refractivity contribution is 0.527. The topological polar surface area (TPSA) is 26.0 Å². The van der Waals surface area contributed by atoms with Gasteiger partial charge in [-0.15, -0.1) is 0 Å². The molecule has 0 aliphatic rings. The van der Waals surface area contributed by atoms with Gasteiger partial charge in [-0.3, -0.25) is 0 Å². The lowest BCUT2D eigenvalue weighted by atomic mass is 10.00. The maximum absolute atomic E-state index is 13.3. The molecule has 2 N–H and O–H groups in total. The highest BCUT2D eigenvalue weighted by Crippen LogP contribution is 2.21. The van der Waals surface area contributed by atoms with Crippen LogP contribution in [0.2, 0.25) is 5.02 Å². The van der Waals surface area contributed by atoms with Gasteiger partial charge >= 0.3 is 0 Å². The molecular formula is C17H27ClFN. The summed E-state index contributed by atoms with van der Waals surface area (Å²) >= 11 is 5.94. The van der Waals surface area contributed by atoms with Gasteiger partial charge in [0.15, 0.2) is 0 Å². The molecule has 0 saturated carbocycles. The lowest BCUT2D eigenvalue weighted by Crippen LogP contribution is -2.22. The molecule has 0 saturated heterocycles. The quantitative estimate of drug-likeness (QED) is 0.568. The second-order valence-corrected chi connectivity index (χ2v) is 5.97. The summed E-state index contributed by atoms with van der Waals surface area (Å²) in [4.78, 5) is 0. The highest BCUT2D eigenvalue weighted by Gasteiger charge is 2.10. The van der Waals surface area contributed by atoms with Crippen LogP contribution in [0.4, 0.5) is 4.39 Å². The molecule has 0 aromatic heterocycles. The van der Waals surface area contributed by atoms with Crippen LogP contribution in [0.25, 0.3) is 0 Å². The van der Waals surface area contributed by atoms with Crippen LogP contribution < -0.4 is 5.73 Å². The van der Waals surface area contributed by atoms with Gasteiger partial charge in [0.05, 0.1) is 5.02 Å². The first-order chi connectivity index (χ1) is 9.65. The molecule has 114 valence electrons. The number of benzene rings is 1. The van der Waals surface area contributed by atoms with E-state index in [1.54, 1.807) is 6.07 Å². The Bertz CT molecular complexity index is 381. The third kappa shape index (κ3) is 6.71. The summed E-state index contributed by atoms with van der Waals surface area (Å²) in [5, 5.41) is 0.225. The van der Waals surface area contributed by atoms with Crippen LogP contribution in [0, 0.1) is 5.82 Å². The predicted molar refractivity (Wildman–Crippen MR) is 85.7 cm³/mol. The fraction of sp³-hybridized carbons (Fsp3) is 0.647. The van der Waals surface area contributed by atoms with Gasteiger partial charge in [0, 0.05) is 6.04 Å². The summed E-state index contributed by atoms with van der Waals surface area (Å²) in [6.45, 7) is 2.23. The Hall–Kier alpha value is -0.600. The third-order valence-corrected chi connectivity index (χ3v) is 4.12. The van der Waals surface area contributed by atoms with Crippen molar-refractivity contribution in [2.75, 3.05) is 0 Å². The molecule has 1 nitrogen and oxygen atoms in total. The van der Waals surface area contributed by atoms with Crippen LogP contribution in [0.15, 0.2) is 18.2 Å². The van der Waals surface area contributed by atoms with E-state index in [1.165, 1.54) is 44.6 Å². The Balaban J connectivity index is 2.17. The standard InChI is InChI=1S/C17H27ClFN/c1-2-3-4-5-6-7-8-11-15(20)13-14-10-9-12-16(19)17(14)18/h9-10,12,15H,2-8,11,13,20H2,1H3. The first kappa shape index (κ1) is 17.5. The van der Waals surface area contributed by atoms with E-state index in [-0.39, 0.29) is 16.9 Å². The normalized spacial score (nSPS) is 12.6. The van der Waals surface area contributed by atoms with Gasteiger partial charge in [-0.25, -0.2) is 4.39 Å². The lowest BCUT2D eigenvalue weighted by Gasteiger charge is -2.13. The molecule has 1 unspecified atom stereocenters. The highest BCUT2D eigenvalue weighted by molar-refractivity contribution is 6.31. The number of hydrogen-bond acceptors (Lipinski definition) is 1. The second-order valence-electron chi connectivity index (χ2n) is 5.59. The molecule has 1 aromatic rings. The fourth-order valence-corrected chi connectivity index (χ4v) is 2.66. The second kappa shape index (κ2) is 10.2. The molecule has 0 amide bonds.